The molecule has 0 unspecified atom stereocenters. The zero-order chi connectivity index (χ0) is 23.7. The molecule has 0 aliphatic rings. The fourth-order valence-corrected chi connectivity index (χ4v) is 2.86. The first-order valence-corrected chi connectivity index (χ1v) is 10.4. The molecule has 168 valence electrons. The van der Waals surface area contributed by atoms with Crippen LogP contribution in [0.3, 0.4) is 0 Å². The van der Waals surface area contributed by atoms with Gasteiger partial charge in [0.15, 0.2) is 0 Å². The molecular formula is C24H26ClFN4O2. The molecule has 0 aliphatic carbocycles. The van der Waals surface area contributed by atoms with Crippen LogP contribution in [-0.2, 0) is 4.79 Å². The molecule has 0 spiro atoms. The molecule has 1 aromatic carbocycles. The van der Waals surface area contributed by atoms with Crippen molar-refractivity contribution in [2.24, 2.45) is 4.99 Å². The minimum absolute atomic E-state index is 0.144. The smallest absolute Gasteiger partial charge is 0.253 e. The predicted octanol–water partition coefficient (Wildman–Crippen LogP) is 5.11. The van der Waals surface area contributed by atoms with E-state index in [2.05, 4.69) is 22.0 Å². The maximum atomic E-state index is 14.6. The van der Waals surface area contributed by atoms with E-state index in [-0.39, 0.29) is 22.7 Å². The number of halogens is 2. The lowest BCUT2D eigenvalue weighted by Gasteiger charge is -2.18. The second-order valence-corrected chi connectivity index (χ2v) is 7.53. The Bertz CT molecular complexity index is 1050. The molecule has 0 fully saturated rings. The van der Waals surface area contributed by atoms with Crippen molar-refractivity contribution < 1.29 is 14.0 Å². The number of benzene rings is 1. The second kappa shape index (κ2) is 11.9. The monoisotopic (exact) mass is 456 g/mol. The molecule has 0 atom stereocenters. The van der Waals surface area contributed by atoms with E-state index in [1.165, 1.54) is 17.2 Å². The number of aliphatic imine (C=N–C) groups is 1. The number of pyridine rings is 1. The number of anilines is 1. The van der Waals surface area contributed by atoms with Gasteiger partial charge in [0.25, 0.3) is 5.91 Å². The summed E-state index contributed by atoms with van der Waals surface area (Å²) < 4.78 is 14.6. The number of carbonyl (C=O) groups excluding carboxylic acids is 2. The molecule has 0 saturated carbocycles. The fraction of sp³-hybridized carbons (Fsp3) is 0.250. The van der Waals surface area contributed by atoms with Crippen LogP contribution in [0.25, 0.3) is 11.3 Å². The molecule has 8 heteroatoms. The average Bonchev–Trinajstić information content (AvgIpc) is 2.80. The van der Waals surface area contributed by atoms with Crippen LogP contribution in [0.1, 0.15) is 37.0 Å². The van der Waals surface area contributed by atoms with Crippen LogP contribution in [0.5, 0.6) is 0 Å². The van der Waals surface area contributed by atoms with Crippen LogP contribution in [0, 0.1) is 5.82 Å². The lowest BCUT2D eigenvalue weighted by atomic mass is 10.1. The summed E-state index contributed by atoms with van der Waals surface area (Å²) in [5.74, 6) is -0.943. The quantitative estimate of drug-likeness (QED) is 0.324. The van der Waals surface area contributed by atoms with E-state index in [0.29, 0.717) is 36.2 Å². The Kier molecular flexibility index (Phi) is 9.28. The molecule has 2 amide bonds. The zero-order valence-electron chi connectivity index (χ0n) is 18.4. The van der Waals surface area contributed by atoms with Gasteiger partial charge in [0.05, 0.1) is 16.9 Å². The Balaban J connectivity index is 2.07. The standard InChI is InChI=1S/C24H26ClFN4O2/c1-5-6-23(31)30(4)21-11-9-17(13-19(21)26)20-10-8-18(15-28-20)24(32)29-14-16(2)7-12-22(25)27-3/h7-13,15H,3,5-6,14H2,1-2,4H3,(H,29,32)/b16-7+,22-12-. The first-order valence-electron chi connectivity index (χ1n) is 10.1. The SMILES string of the molecule is C=N/C(Cl)=C\C=C(/C)CNC(=O)c1ccc(-c2ccc(N(C)C(=O)CCC)c(F)c2)nc1. The van der Waals surface area contributed by atoms with Crippen molar-refractivity contribution in [3.05, 3.63) is 70.8 Å². The van der Waals surface area contributed by atoms with Gasteiger partial charge in [0.1, 0.15) is 11.0 Å². The Hall–Kier alpha value is -3.32. The summed E-state index contributed by atoms with van der Waals surface area (Å²) in [5, 5.41) is 3.05. The van der Waals surface area contributed by atoms with Crippen molar-refractivity contribution in [1.29, 1.82) is 0 Å². The molecule has 0 bridgehead atoms. The van der Waals surface area contributed by atoms with E-state index in [0.717, 1.165) is 5.57 Å². The third-order valence-corrected chi connectivity index (χ3v) is 4.90. The molecule has 0 aliphatic heterocycles. The van der Waals surface area contributed by atoms with Crippen LogP contribution in [0.15, 0.2) is 64.4 Å². The van der Waals surface area contributed by atoms with E-state index in [4.69, 9.17) is 11.6 Å². The summed E-state index contributed by atoms with van der Waals surface area (Å²) in [4.78, 5) is 33.5. The van der Waals surface area contributed by atoms with Crippen LogP contribution in [0.2, 0.25) is 0 Å². The summed E-state index contributed by atoms with van der Waals surface area (Å²) >= 11 is 5.74. The molecule has 6 nitrogen and oxygen atoms in total. The van der Waals surface area contributed by atoms with Crippen LogP contribution in [0.4, 0.5) is 10.1 Å². The zero-order valence-corrected chi connectivity index (χ0v) is 19.1. The first kappa shape index (κ1) is 24.9. The maximum Gasteiger partial charge on any atom is 0.253 e. The number of amides is 2. The Morgan fingerprint density at radius 1 is 1.28 bits per heavy atom. The van der Waals surface area contributed by atoms with E-state index < -0.39 is 5.82 Å². The number of nitrogens with zero attached hydrogens (tertiary/aromatic N) is 3. The molecule has 2 rings (SSSR count). The Morgan fingerprint density at radius 2 is 2.03 bits per heavy atom. The van der Waals surface area contributed by atoms with Gasteiger partial charge in [-0.3, -0.25) is 19.6 Å². The van der Waals surface area contributed by atoms with Crippen molar-refractivity contribution in [2.75, 3.05) is 18.5 Å². The summed E-state index contributed by atoms with van der Waals surface area (Å²) in [6.07, 6.45) is 5.82. The van der Waals surface area contributed by atoms with Gasteiger partial charge >= 0.3 is 0 Å². The molecule has 1 N–H and O–H groups in total. The minimum Gasteiger partial charge on any atom is -0.348 e. The maximum absolute atomic E-state index is 14.6. The van der Waals surface area contributed by atoms with Crippen molar-refractivity contribution in [1.82, 2.24) is 10.3 Å². The third-order valence-electron chi connectivity index (χ3n) is 4.65. The number of allylic oxidation sites excluding steroid dienone is 2. The van der Waals surface area contributed by atoms with Crippen molar-refractivity contribution in [3.63, 3.8) is 0 Å². The molecular weight excluding hydrogens is 431 g/mol. The van der Waals surface area contributed by atoms with Gasteiger partial charge in [-0.25, -0.2) is 4.39 Å². The van der Waals surface area contributed by atoms with Gasteiger partial charge in [-0.1, -0.05) is 36.2 Å². The van der Waals surface area contributed by atoms with Crippen molar-refractivity contribution >= 4 is 35.8 Å². The lowest BCUT2D eigenvalue weighted by Crippen LogP contribution is -2.26. The van der Waals surface area contributed by atoms with Gasteiger partial charge < -0.3 is 10.2 Å². The topological polar surface area (TPSA) is 74.7 Å². The van der Waals surface area contributed by atoms with E-state index in [1.54, 1.807) is 43.5 Å². The highest BCUT2D eigenvalue weighted by Crippen LogP contribution is 2.25. The van der Waals surface area contributed by atoms with Gasteiger partial charge in [0, 0.05) is 31.8 Å². The molecule has 0 saturated heterocycles. The number of carbonyl (C=O) groups is 2. The van der Waals surface area contributed by atoms with Crippen molar-refractivity contribution in [2.45, 2.75) is 26.7 Å². The minimum atomic E-state index is -0.513. The van der Waals surface area contributed by atoms with E-state index in [9.17, 15) is 14.0 Å². The van der Waals surface area contributed by atoms with Crippen LogP contribution in [-0.4, -0.2) is 37.1 Å². The molecule has 2 aromatic rings. The summed E-state index contributed by atoms with van der Waals surface area (Å²) in [7, 11) is 1.56. The van der Waals surface area contributed by atoms with Crippen LogP contribution >= 0.6 is 11.6 Å². The molecule has 32 heavy (non-hydrogen) atoms. The van der Waals surface area contributed by atoms with Gasteiger partial charge in [-0.05, 0) is 50.4 Å². The van der Waals surface area contributed by atoms with E-state index in [1.807, 2.05) is 13.8 Å². The summed E-state index contributed by atoms with van der Waals surface area (Å²) in [6, 6.07) is 7.85. The molecule has 1 aromatic heterocycles. The lowest BCUT2D eigenvalue weighted by molar-refractivity contribution is -0.118. The number of nitrogens with one attached hydrogen (secondary N) is 1. The number of hydrogen-bond donors (Lipinski definition) is 1. The summed E-state index contributed by atoms with van der Waals surface area (Å²) in [5.41, 5.74) is 2.54. The highest BCUT2D eigenvalue weighted by atomic mass is 35.5. The number of aromatic nitrogens is 1. The largest absolute Gasteiger partial charge is 0.348 e. The Labute approximate surface area is 192 Å². The average molecular weight is 457 g/mol. The van der Waals surface area contributed by atoms with Crippen LogP contribution < -0.4 is 10.2 Å². The third kappa shape index (κ3) is 6.85. The molecule has 1 heterocycles. The normalized spacial score (nSPS) is 11.8. The highest BCUT2D eigenvalue weighted by molar-refractivity contribution is 6.29. The van der Waals surface area contributed by atoms with Gasteiger partial charge in [-0.2, -0.15) is 0 Å². The van der Waals surface area contributed by atoms with Crippen molar-refractivity contribution in [3.8, 4) is 11.3 Å². The first-order chi connectivity index (χ1) is 15.3. The number of rotatable bonds is 9. The predicted molar refractivity (Wildman–Crippen MR) is 128 cm³/mol. The Morgan fingerprint density at radius 3 is 2.62 bits per heavy atom. The molecule has 0 radical (unpaired) electrons. The number of hydrogen-bond acceptors (Lipinski definition) is 4. The second-order valence-electron chi connectivity index (χ2n) is 7.14. The van der Waals surface area contributed by atoms with Gasteiger partial charge in [-0.15, -0.1) is 0 Å². The van der Waals surface area contributed by atoms with Gasteiger partial charge in [0.2, 0.25) is 5.91 Å². The summed E-state index contributed by atoms with van der Waals surface area (Å²) in [6.45, 7) is 7.39. The highest BCUT2D eigenvalue weighted by Gasteiger charge is 2.15. The van der Waals surface area contributed by atoms with E-state index >= 15 is 0 Å². The fourth-order valence-electron chi connectivity index (χ4n) is 2.80.